The van der Waals surface area contributed by atoms with E-state index in [1.807, 2.05) is 55.5 Å². The minimum atomic E-state index is -1.02. The highest BCUT2D eigenvalue weighted by Crippen LogP contribution is 2.37. The van der Waals surface area contributed by atoms with Crippen LogP contribution in [0.4, 0.5) is 5.69 Å². The van der Waals surface area contributed by atoms with Crippen LogP contribution in [-0.2, 0) is 20.9 Å². The summed E-state index contributed by atoms with van der Waals surface area (Å²) < 4.78 is 0. The lowest BCUT2D eigenvalue weighted by molar-refractivity contribution is -0.138. The molecule has 3 rings (SSSR count). The van der Waals surface area contributed by atoms with Crippen LogP contribution in [0.5, 0.6) is 0 Å². The zero-order chi connectivity index (χ0) is 27.7. The maximum Gasteiger partial charge on any atom is 0.320 e. The first kappa shape index (κ1) is 28.9. The third kappa shape index (κ3) is 7.20. The maximum atomic E-state index is 13.5. The van der Waals surface area contributed by atoms with Gasteiger partial charge in [-0.3, -0.25) is 14.4 Å². The molecule has 2 aromatic carbocycles. The lowest BCUT2D eigenvalue weighted by Crippen LogP contribution is -2.37. The number of nitrogens with two attached hydrogens (primary N) is 3. The van der Waals surface area contributed by atoms with Crippen molar-refractivity contribution in [3.8, 4) is 0 Å². The van der Waals surface area contributed by atoms with Gasteiger partial charge in [-0.1, -0.05) is 49.4 Å². The molecule has 0 aromatic heterocycles. The number of unbranched alkanes of at least 4 members (excludes halogenated alkanes) is 2. The average Bonchev–Trinajstić information content (AvgIpc) is 2.91. The van der Waals surface area contributed by atoms with Crippen LogP contribution in [-0.4, -0.2) is 40.4 Å². The molecule has 9 heteroatoms. The number of Topliss-reactive ketones (excluding diaryl/α,β-unsaturated/α-hetero) is 1. The Morgan fingerprint density at radius 2 is 1.63 bits per heavy atom. The minimum absolute atomic E-state index is 0.0257. The molecule has 0 radical (unpaired) electrons. The first-order valence-corrected chi connectivity index (χ1v) is 13.2. The van der Waals surface area contributed by atoms with Crippen LogP contribution < -0.4 is 22.2 Å². The van der Waals surface area contributed by atoms with Crippen molar-refractivity contribution in [2.24, 2.45) is 17.3 Å². The lowest BCUT2D eigenvalue weighted by Gasteiger charge is -2.33. The fourth-order valence-corrected chi connectivity index (χ4v) is 4.68. The van der Waals surface area contributed by atoms with Crippen molar-refractivity contribution in [2.45, 2.75) is 70.9 Å². The Hall–Kier alpha value is -3.69. The molecule has 0 saturated heterocycles. The van der Waals surface area contributed by atoms with E-state index in [-0.39, 0.29) is 11.7 Å². The number of nitrogens with zero attached hydrogens (tertiary/aromatic N) is 2. The Kier molecular flexibility index (Phi) is 10.4. The number of anilines is 1. The van der Waals surface area contributed by atoms with E-state index in [4.69, 9.17) is 22.4 Å². The number of amides is 1. The molecule has 1 aliphatic heterocycles. The van der Waals surface area contributed by atoms with E-state index >= 15 is 0 Å². The molecule has 0 bridgehead atoms. The molecule has 1 atom stereocenters. The van der Waals surface area contributed by atoms with Crippen molar-refractivity contribution in [3.05, 3.63) is 65.2 Å². The van der Waals surface area contributed by atoms with Gasteiger partial charge in [0.2, 0.25) is 5.91 Å². The molecular weight excluding hydrogens is 482 g/mol. The second-order valence-electron chi connectivity index (χ2n) is 9.65. The zero-order valence-corrected chi connectivity index (χ0v) is 22.1. The van der Waals surface area contributed by atoms with Crippen LogP contribution in [0, 0.1) is 0 Å². The summed E-state index contributed by atoms with van der Waals surface area (Å²) in [6, 6.07) is 14.4. The van der Waals surface area contributed by atoms with Gasteiger partial charge in [-0.25, -0.2) is 5.84 Å². The van der Waals surface area contributed by atoms with Gasteiger partial charge in [0, 0.05) is 36.9 Å². The van der Waals surface area contributed by atoms with Crippen LogP contribution in [0.1, 0.15) is 75.0 Å². The van der Waals surface area contributed by atoms with Crippen molar-refractivity contribution in [1.82, 2.24) is 5.01 Å². The third-order valence-electron chi connectivity index (χ3n) is 6.90. The van der Waals surface area contributed by atoms with E-state index in [2.05, 4.69) is 0 Å². The van der Waals surface area contributed by atoms with Crippen LogP contribution in [0.15, 0.2) is 48.5 Å². The topological polar surface area (TPSA) is 156 Å². The minimum Gasteiger partial charge on any atom is -0.480 e. The van der Waals surface area contributed by atoms with Crippen LogP contribution in [0.2, 0.25) is 0 Å². The number of carboxylic acids is 1. The summed E-state index contributed by atoms with van der Waals surface area (Å²) in [5.41, 5.74) is 16.7. The number of carbonyl (C=O) groups is 3. The van der Waals surface area contributed by atoms with Gasteiger partial charge >= 0.3 is 5.97 Å². The predicted octanol–water partition coefficient (Wildman–Crippen LogP) is 3.62. The monoisotopic (exact) mass is 521 g/mol. The Morgan fingerprint density at radius 1 is 0.974 bits per heavy atom. The molecule has 38 heavy (non-hydrogen) atoms. The van der Waals surface area contributed by atoms with Crippen molar-refractivity contribution in [1.29, 1.82) is 0 Å². The third-order valence-corrected chi connectivity index (χ3v) is 6.90. The highest BCUT2D eigenvalue weighted by Gasteiger charge is 2.27. The molecule has 1 aliphatic rings. The van der Waals surface area contributed by atoms with Crippen LogP contribution >= 0.6 is 0 Å². The number of ketones is 1. The number of aliphatic carboxylic acids is 1. The van der Waals surface area contributed by atoms with Gasteiger partial charge in [-0.2, -0.15) is 0 Å². The van der Waals surface area contributed by atoms with E-state index in [0.717, 1.165) is 22.4 Å². The summed E-state index contributed by atoms with van der Waals surface area (Å²) in [5, 5.41) is 10.6. The standard InChI is InChI=1S/C29H39N5O4/c1-2-21(35)12-4-8-17-26(36)33-19-20-11-3-5-13-22(20)27(31)28(23-14-6-7-16-25(23)33)34(32)18-10-9-15-24(30)29(37)38/h3,5-7,11,13-14,16,24H,2,4,8-10,12,15,17-19,30-32H2,1H3,(H,37,38)/b28-27-. The largest absolute Gasteiger partial charge is 0.480 e. The molecule has 0 aliphatic carbocycles. The van der Waals surface area contributed by atoms with Crippen molar-refractivity contribution < 1.29 is 19.5 Å². The quantitative estimate of drug-likeness (QED) is 0.177. The zero-order valence-electron chi connectivity index (χ0n) is 22.1. The molecular formula is C29H39N5O4. The molecule has 7 N–H and O–H groups in total. The highest BCUT2D eigenvalue weighted by atomic mass is 16.4. The first-order valence-electron chi connectivity index (χ1n) is 13.2. The van der Waals surface area contributed by atoms with Crippen molar-refractivity contribution >= 4 is 34.7 Å². The molecule has 1 unspecified atom stereocenters. The summed E-state index contributed by atoms with van der Waals surface area (Å²) >= 11 is 0. The van der Waals surface area contributed by atoms with E-state index in [0.29, 0.717) is 75.9 Å². The normalized spacial score (nSPS) is 15.6. The van der Waals surface area contributed by atoms with Crippen LogP contribution in [0.3, 0.4) is 0 Å². The van der Waals surface area contributed by atoms with E-state index < -0.39 is 12.0 Å². The van der Waals surface area contributed by atoms with Gasteiger partial charge in [-0.05, 0) is 43.7 Å². The molecule has 0 saturated carbocycles. The second kappa shape index (κ2) is 13.7. The van der Waals surface area contributed by atoms with Gasteiger partial charge in [-0.15, -0.1) is 0 Å². The first-order chi connectivity index (χ1) is 18.2. The number of hydrazine groups is 1. The molecule has 2 aromatic rings. The van der Waals surface area contributed by atoms with Gasteiger partial charge in [0.1, 0.15) is 11.8 Å². The number of fused-ring (bicyclic) bond motifs is 2. The number of hydrogen-bond donors (Lipinski definition) is 4. The Morgan fingerprint density at radius 3 is 2.34 bits per heavy atom. The Labute approximate surface area is 224 Å². The van der Waals surface area contributed by atoms with E-state index in [9.17, 15) is 14.4 Å². The number of carboxylic acid groups (broad SMARTS) is 1. The molecule has 9 nitrogen and oxygen atoms in total. The molecule has 0 spiro atoms. The number of rotatable bonds is 13. The number of benzene rings is 2. The van der Waals surface area contributed by atoms with E-state index in [1.54, 1.807) is 9.91 Å². The predicted molar refractivity (Wildman–Crippen MR) is 149 cm³/mol. The maximum absolute atomic E-state index is 13.5. The summed E-state index contributed by atoms with van der Waals surface area (Å²) in [6.45, 7) is 2.65. The SMILES string of the molecule is CCC(=O)CCCCC(=O)N1Cc2ccccc2/C(N)=C(/N(N)CCCCC(N)C(=O)O)c2ccccc21. The van der Waals surface area contributed by atoms with Crippen molar-refractivity contribution in [2.75, 3.05) is 11.4 Å². The summed E-state index contributed by atoms with van der Waals surface area (Å²) in [5.74, 6) is 5.75. The smallest absolute Gasteiger partial charge is 0.320 e. The highest BCUT2D eigenvalue weighted by molar-refractivity contribution is 6.01. The summed E-state index contributed by atoms with van der Waals surface area (Å²) in [6.07, 6.45) is 4.23. The van der Waals surface area contributed by atoms with Crippen molar-refractivity contribution in [3.63, 3.8) is 0 Å². The summed E-state index contributed by atoms with van der Waals surface area (Å²) in [7, 11) is 0. The number of hydrogen-bond acceptors (Lipinski definition) is 7. The number of para-hydroxylation sites is 1. The van der Waals surface area contributed by atoms with Crippen LogP contribution in [0.25, 0.3) is 11.4 Å². The lowest BCUT2D eigenvalue weighted by atomic mass is 9.95. The fourth-order valence-electron chi connectivity index (χ4n) is 4.68. The number of carbonyl (C=O) groups excluding carboxylic acids is 2. The fraction of sp³-hybridized carbons (Fsp3) is 0.414. The Balaban J connectivity index is 1.91. The molecule has 1 heterocycles. The molecule has 1 amide bonds. The Bertz CT molecular complexity index is 1180. The van der Waals surface area contributed by atoms with Gasteiger partial charge < -0.3 is 26.5 Å². The van der Waals surface area contributed by atoms with Gasteiger partial charge in [0.25, 0.3) is 0 Å². The van der Waals surface area contributed by atoms with Gasteiger partial charge in [0.15, 0.2) is 0 Å². The summed E-state index contributed by atoms with van der Waals surface area (Å²) in [4.78, 5) is 38.0. The average molecular weight is 522 g/mol. The molecule has 204 valence electrons. The molecule has 0 fully saturated rings. The second-order valence-corrected chi connectivity index (χ2v) is 9.65. The van der Waals surface area contributed by atoms with E-state index in [1.165, 1.54) is 0 Å². The van der Waals surface area contributed by atoms with Gasteiger partial charge in [0.05, 0.1) is 23.6 Å².